The molecule has 2 aromatic rings. The number of carbonyl (C=O) groups excluding carboxylic acids is 3. The van der Waals surface area contributed by atoms with Crippen LogP contribution in [0.3, 0.4) is 0 Å². The summed E-state index contributed by atoms with van der Waals surface area (Å²) in [7, 11) is 1.57. The molecule has 0 spiro atoms. The van der Waals surface area contributed by atoms with Crippen LogP contribution < -0.4 is 15.4 Å². The second kappa shape index (κ2) is 12.8. The lowest BCUT2D eigenvalue weighted by Crippen LogP contribution is -2.58. The number of alkyl carbamates (subject to hydrolysis) is 1. The summed E-state index contributed by atoms with van der Waals surface area (Å²) in [5.74, 6) is 0.0313. The van der Waals surface area contributed by atoms with E-state index in [1.54, 1.807) is 57.0 Å². The zero-order valence-electron chi connectivity index (χ0n) is 24.1. The molecule has 2 rings (SSSR count). The Labute approximate surface area is 227 Å². The van der Waals surface area contributed by atoms with Gasteiger partial charge in [0.05, 0.1) is 7.11 Å². The second-order valence-corrected chi connectivity index (χ2v) is 11.7. The number of hydrogen-bond acceptors (Lipinski definition) is 5. The van der Waals surface area contributed by atoms with E-state index in [0.717, 1.165) is 0 Å². The van der Waals surface area contributed by atoms with Gasteiger partial charge in [0.15, 0.2) is 0 Å². The third-order valence-corrected chi connectivity index (χ3v) is 5.64. The van der Waals surface area contributed by atoms with Gasteiger partial charge in [0.2, 0.25) is 5.91 Å². The van der Waals surface area contributed by atoms with E-state index in [9.17, 15) is 14.4 Å². The van der Waals surface area contributed by atoms with Gasteiger partial charge in [-0.2, -0.15) is 0 Å². The molecule has 0 aliphatic carbocycles. The van der Waals surface area contributed by atoms with Crippen LogP contribution in [0.25, 0.3) is 0 Å². The van der Waals surface area contributed by atoms with Gasteiger partial charge in [-0.05, 0) is 83.7 Å². The van der Waals surface area contributed by atoms with Crippen molar-refractivity contribution in [2.24, 2.45) is 5.92 Å². The maximum Gasteiger partial charge on any atom is 0.408 e. The van der Waals surface area contributed by atoms with Crippen LogP contribution in [-0.4, -0.2) is 47.1 Å². The number of anilines is 1. The van der Waals surface area contributed by atoms with Crippen LogP contribution in [-0.2, 0) is 14.3 Å². The van der Waals surface area contributed by atoms with Crippen molar-refractivity contribution in [3.8, 4) is 5.75 Å². The fourth-order valence-electron chi connectivity index (χ4n) is 4.09. The number of methoxy groups -OCH3 is 1. The van der Waals surface area contributed by atoms with E-state index in [4.69, 9.17) is 9.47 Å². The van der Waals surface area contributed by atoms with Crippen LogP contribution in [0, 0.1) is 5.92 Å². The predicted molar refractivity (Wildman–Crippen MR) is 150 cm³/mol. The average molecular weight is 526 g/mol. The van der Waals surface area contributed by atoms with Crippen molar-refractivity contribution < 1.29 is 23.9 Å². The zero-order valence-corrected chi connectivity index (χ0v) is 24.1. The van der Waals surface area contributed by atoms with Crippen LogP contribution in [0.5, 0.6) is 5.75 Å². The number of rotatable bonds is 9. The lowest BCUT2D eigenvalue weighted by Gasteiger charge is -2.43. The van der Waals surface area contributed by atoms with Gasteiger partial charge in [0, 0.05) is 11.2 Å². The molecule has 0 saturated carbocycles. The highest BCUT2D eigenvalue weighted by atomic mass is 16.6. The maximum atomic E-state index is 14.2. The van der Waals surface area contributed by atoms with Crippen molar-refractivity contribution in [1.82, 2.24) is 10.2 Å². The van der Waals surface area contributed by atoms with E-state index < -0.39 is 29.3 Å². The Balaban J connectivity index is 2.52. The molecule has 2 aromatic carbocycles. The summed E-state index contributed by atoms with van der Waals surface area (Å²) in [6.07, 6.45) is -0.295. The van der Waals surface area contributed by atoms with Crippen molar-refractivity contribution in [2.75, 3.05) is 12.4 Å². The lowest BCUT2D eigenvalue weighted by molar-refractivity contribution is -0.147. The van der Waals surface area contributed by atoms with Gasteiger partial charge in [0.1, 0.15) is 23.4 Å². The summed E-state index contributed by atoms with van der Waals surface area (Å²) in [6.45, 7) is 14.9. The van der Waals surface area contributed by atoms with Crippen molar-refractivity contribution >= 4 is 23.6 Å². The van der Waals surface area contributed by atoms with Crippen LogP contribution in [0.15, 0.2) is 54.6 Å². The Bertz CT molecular complexity index is 1070. The lowest BCUT2D eigenvalue weighted by atomic mass is 9.93. The number of amides is 3. The largest absolute Gasteiger partial charge is 0.497 e. The molecule has 3 amide bonds. The van der Waals surface area contributed by atoms with E-state index in [2.05, 4.69) is 10.6 Å². The van der Waals surface area contributed by atoms with Gasteiger partial charge in [-0.1, -0.05) is 44.2 Å². The number of ether oxygens (including phenoxy) is 2. The van der Waals surface area contributed by atoms with Gasteiger partial charge in [-0.3, -0.25) is 9.59 Å². The third-order valence-electron chi connectivity index (χ3n) is 5.64. The number of benzene rings is 2. The fourth-order valence-corrected chi connectivity index (χ4v) is 4.09. The second-order valence-electron chi connectivity index (χ2n) is 11.7. The SMILES string of the molecule is COc1ccc(NC(=O)C(c2ccccc2)N(C(=O)C(CC(C)C)NC(=O)OC(C)(C)C)C(C)(C)C)cc1. The Morgan fingerprint density at radius 3 is 1.95 bits per heavy atom. The van der Waals surface area contributed by atoms with E-state index in [0.29, 0.717) is 23.4 Å². The molecule has 2 unspecified atom stereocenters. The zero-order chi connectivity index (χ0) is 28.7. The molecule has 0 fully saturated rings. The van der Waals surface area contributed by atoms with E-state index in [1.807, 2.05) is 65.0 Å². The highest BCUT2D eigenvalue weighted by Gasteiger charge is 2.42. The Kier molecular flexibility index (Phi) is 10.3. The number of carbonyl (C=O) groups is 3. The molecule has 0 aromatic heterocycles. The predicted octanol–water partition coefficient (Wildman–Crippen LogP) is 5.94. The molecule has 2 N–H and O–H groups in total. The normalized spacial score (nSPS) is 13.3. The molecule has 8 heteroatoms. The van der Waals surface area contributed by atoms with Crippen molar-refractivity contribution in [1.29, 1.82) is 0 Å². The minimum Gasteiger partial charge on any atom is -0.497 e. The first-order chi connectivity index (χ1) is 17.6. The molecule has 0 radical (unpaired) electrons. The quantitative estimate of drug-likeness (QED) is 0.422. The van der Waals surface area contributed by atoms with Gasteiger partial charge in [-0.25, -0.2) is 4.79 Å². The summed E-state index contributed by atoms with van der Waals surface area (Å²) >= 11 is 0. The summed E-state index contributed by atoms with van der Waals surface area (Å²) < 4.78 is 10.7. The first-order valence-corrected chi connectivity index (χ1v) is 12.9. The average Bonchev–Trinajstić information content (AvgIpc) is 2.80. The minimum atomic E-state index is -0.957. The Morgan fingerprint density at radius 1 is 0.895 bits per heavy atom. The smallest absolute Gasteiger partial charge is 0.408 e. The van der Waals surface area contributed by atoms with Gasteiger partial charge in [0.25, 0.3) is 5.91 Å². The highest BCUT2D eigenvalue weighted by Crippen LogP contribution is 2.32. The molecular weight excluding hydrogens is 482 g/mol. The molecule has 38 heavy (non-hydrogen) atoms. The fraction of sp³-hybridized carbons (Fsp3) is 0.500. The summed E-state index contributed by atoms with van der Waals surface area (Å²) in [4.78, 5) is 42.4. The highest BCUT2D eigenvalue weighted by molar-refractivity contribution is 5.99. The van der Waals surface area contributed by atoms with Gasteiger partial charge < -0.3 is 25.0 Å². The number of nitrogens with zero attached hydrogens (tertiary/aromatic N) is 1. The monoisotopic (exact) mass is 525 g/mol. The van der Waals surface area contributed by atoms with Crippen molar-refractivity contribution in [3.05, 3.63) is 60.2 Å². The molecule has 208 valence electrons. The Morgan fingerprint density at radius 2 is 1.47 bits per heavy atom. The van der Waals surface area contributed by atoms with E-state index >= 15 is 0 Å². The molecule has 0 aliphatic heterocycles. The van der Waals surface area contributed by atoms with Crippen LogP contribution in [0.2, 0.25) is 0 Å². The third kappa shape index (κ3) is 9.08. The summed E-state index contributed by atoms with van der Waals surface area (Å²) in [6, 6.07) is 14.3. The Hall–Kier alpha value is -3.55. The van der Waals surface area contributed by atoms with Crippen LogP contribution in [0.1, 0.15) is 73.4 Å². The molecular formula is C30H43N3O5. The van der Waals surface area contributed by atoms with Gasteiger partial charge >= 0.3 is 6.09 Å². The van der Waals surface area contributed by atoms with Crippen LogP contribution in [0.4, 0.5) is 10.5 Å². The molecule has 0 heterocycles. The van der Waals surface area contributed by atoms with Crippen molar-refractivity contribution in [3.63, 3.8) is 0 Å². The number of hydrogen-bond donors (Lipinski definition) is 2. The standard InChI is InChI=1S/C30H43N3O5/c1-20(2)19-24(32-28(36)38-30(6,7)8)27(35)33(29(3,4)5)25(21-13-11-10-12-14-21)26(34)31-22-15-17-23(37-9)18-16-22/h10-18,20,24-25H,19H2,1-9H3,(H,31,34)(H,32,36). The summed E-state index contributed by atoms with van der Waals surface area (Å²) in [5.41, 5.74) is -0.255. The van der Waals surface area contributed by atoms with E-state index in [-0.39, 0.29) is 17.7 Å². The first-order valence-electron chi connectivity index (χ1n) is 12.9. The topological polar surface area (TPSA) is 97.0 Å². The maximum absolute atomic E-state index is 14.2. The summed E-state index contributed by atoms with van der Waals surface area (Å²) in [5, 5.41) is 5.72. The van der Waals surface area contributed by atoms with Gasteiger partial charge in [-0.15, -0.1) is 0 Å². The molecule has 0 bridgehead atoms. The van der Waals surface area contributed by atoms with Crippen LogP contribution >= 0.6 is 0 Å². The van der Waals surface area contributed by atoms with Crippen molar-refractivity contribution in [2.45, 2.75) is 85.0 Å². The molecule has 0 saturated heterocycles. The number of nitrogens with one attached hydrogen (secondary N) is 2. The first kappa shape index (κ1) is 30.7. The minimum absolute atomic E-state index is 0.101. The molecule has 0 aliphatic rings. The molecule has 8 nitrogen and oxygen atoms in total. The van der Waals surface area contributed by atoms with E-state index in [1.165, 1.54) is 0 Å². The molecule has 2 atom stereocenters.